The number of Topliss-reactive ketones (excluding diaryl/α,β-unsaturated/α-hetero) is 1. The van der Waals surface area contributed by atoms with Crippen LogP contribution in [0.2, 0.25) is 0 Å². The molecular weight excluding hydrogens is 486 g/mol. The molecule has 0 aromatic heterocycles. The molecule has 6 nitrogen and oxygen atoms in total. The van der Waals surface area contributed by atoms with Crippen molar-refractivity contribution in [3.8, 4) is 17.2 Å². The van der Waals surface area contributed by atoms with Gasteiger partial charge in [-0.3, -0.25) is 9.69 Å². The summed E-state index contributed by atoms with van der Waals surface area (Å²) in [6, 6.07) is 6.43. The molecule has 0 spiro atoms. The minimum Gasteiger partial charge on any atom is -0.477 e. The first-order valence-corrected chi connectivity index (χ1v) is 12.4. The van der Waals surface area contributed by atoms with Gasteiger partial charge in [-0.15, -0.1) is 0 Å². The fraction of sp³-hybridized carbons (Fsp3) is 0.423. The van der Waals surface area contributed by atoms with Crippen molar-refractivity contribution in [3.05, 3.63) is 56.2 Å². The highest BCUT2D eigenvalue weighted by Crippen LogP contribution is 2.44. The van der Waals surface area contributed by atoms with Crippen molar-refractivity contribution in [1.29, 1.82) is 0 Å². The van der Waals surface area contributed by atoms with E-state index in [-0.39, 0.29) is 12.6 Å². The summed E-state index contributed by atoms with van der Waals surface area (Å²) < 4.78 is 24.3. The van der Waals surface area contributed by atoms with Crippen molar-refractivity contribution < 1.29 is 23.7 Å². The van der Waals surface area contributed by atoms with E-state index in [2.05, 4.69) is 20.8 Å². The van der Waals surface area contributed by atoms with Crippen molar-refractivity contribution >= 4 is 27.8 Å². The maximum Gasteiger partial charge on any atom is 0.231 e. The van der Waals surface area contributed by atoms with Gasteiger partial charge in [0, 0.05) is 39.3 Å². The lowest BCUT2D eigenvalue weighted by Crippen LogP contribution is -2.41. The van der Waals surface area contributed by atoms with E-state index in [0.717, 1.165) is 44.8 Å². The van der Waals surface area contributed by atoms with E-state index in [9.17, 15) is 4.79 Å². The highest BCUT2D eigenvalue weighted by molar-refractivity contribution is 9.10. The Morgan fingerprint density at radius 3 is 2.73 bits per heavy atom. The molecule has 2 aromatic rings. The van der Waals surface area contributed by atoms with Gasteiger partial charge in [-0.05, 0) is 44.0 Å². The average molecular weight is 512 g/mol. The first-order chi connectivity index (χ1) is 16.1. The van der Waals surface area contributed by atoms with Crippen molar-refractivity contribution in [3.63, 3.8) is 0 Å². The fourth-order valence-corrected chi connectivity index (χ4v) is 5.93. The van der Waals surface area contributed by atoms with Gasteiger partial charge in [-0.1, -0.05) is 35.2 Å². The second-order valence-electron chi connectivity index (χ2n) is 9.21. The van der Waals surface area contributed by atoms with E-state index < -0.39 is 0 Å². The molecule has 0 saturated heterocycles. The number of fused-ring (bicyclic) bond motifs is 3. The number of halogens is 1. The second kappa shape index (κ2) is 8.46. The molecule has 4 aliphatic rings. The first kappa shape index (κ1) is 21.2. The molecule has 1 saturated carbocycles. The van der Waals surface area contributed by atoms with E-state index in [0.29, 0.717) is 36.5 Å². The summed E-state index contributed by atoms with van der Waals surface area (Å²) in [4.78, 5) is 15.8. The lowest BCUT2D eigenvalue weighted by atomic mass is 9.93. The first-order valence-electron chi connectivity index (χ1n) is 11.6. The van der Waals surface area contributed by atoms with Gasteiger partial charge in [0.15, 0.2) is 12.6 Å². The van der Waals surface area contributed by atoms with Gasteiger partial charge in [0.25, 0.3) is 0 Å². The summed E-state index contributed by atoms with van der Waals surface area (Å²) in [6.07, 6.45) is 8.11. The van der Waals surface area contributed by atoms with Gasteiger partial charge in [-0.25, -0.2) is 0 Å². The standard InChI is InChI=1S/C26H26BrNO5/c1-15-24-17(11-28(13-31-24)20-5-3-2-4-6-20)9-21-23(29)22(33-25(15)21)10-16-7-19(27)8-18-12-30-14-32-26(16)18/h7-10,20H,2-6,11-14H2,1H3/b22-10-. The molecule has 0 N–H and O–H groups in total. The Morgan fingerprint density at radius 1 is 1.03 bits per heavy atom. The Kier molecular flexibility index (Phi) is 5.43. The van der Waals surface area contributed by atoms with E-state index >= 15 is 0 Å². The van der Waals surface area contributed by atoms with Gasteiger partial charge in [0.2, 0.25) is 5.78 Å². The SMILES string of the molecule is Cc1c2c(cc3c1O/C(=C\c1cc(Br)cc4c1OCOC4)C3=O)CN(C1CCCCC1)CO2. The number of allylic oxidation sites excluding steroid dienone is 1. The summed E-state index contributed by atoms with van der Waals surface area (Å²) in [5, 5.41) is 0. The summed E-state index contributed by atoms with van der Waals surface area (Å²) in [6.45, 7) is 4.05. The zero-order valence-electron chi connectivity index (χ0n) is 18.6. The number of carbonyl (C=O) groups is 1. The number of rotatable bonds is 2. The van der Waals surface area contributed by atoms with E-state index in [1.54, 1.807) is 6.08 Å². The third-order valence-electron chi connectivity index (χ3n) is 7.05. The predicted molar refractivity (Wildman–Crippen MR) is 126 cm³/mol. The van der Waals surface area contributed by atoms with Crippen LogP contribution in [-0.4, -0.2) is 30.2 Å². The van der Waals surface area contributed by atoms with Crippen molar-refractivity contribution in [1.82, 2.24) is 4.90 Å². The highest BCUT2D eigenvalue weighted by atomic mass is 79.9. The van der Waals surface area contributed by atoms with Crippen LogP contribution in [-0.2, 0) is 17.9 Å². The molecule has 2 aromatic carbocycles. The van der Waals surface area contributed by atoms with Gasteiger partial charge < -0.3 is 18.9 Å². The Balaban J connectivity index is 1.33. The molecule has 0 atom stereocenters. The monoisotopic (exact) mass is 511 g/mol. The molecule has 1 fully saturated rings. The van der Waals surface area contributed by atoms with E-state index in [1.807, 2.05) is 25.1 Å². The van der Waals surface area contributed by atoms with Crippen LogP contribution in [0.1, 0.15) is 64.7 Å². The maximum absolute atomic E-state index is 13.4. The van der Waals surface area contributed by atoms with Crippen LogP contribution in [0.25, 0.3) is 6.08 Å². The quantitative estimate of drug-likeness (QED) is 0.480. The Hall–Kier alpha value is -2.35. The van der Waals surface area contributed by atoms with Crippen molar-refractivity contribution in [2.45, 2.75) is 58.2 Å². The molecule has 172 valence electrons. The molecular formula is C26H26BrNO5. The largest absolute Gasteiger partial charge is 0.477 e. The number of hydrogen-bond donors (Lipinski definition) is 0. The van der Waals surface area contributed by atoms with Crippen LogP contribution >= 0.6 is 15.9 Å². The van der Waals surface area contributed by atoms with E-state index in [4.69, 9.17) is 18.9 Å². The third-order valence-corrected chi connectivity index (χ3v) is 7.50. The van der Waals surface area contributed by atoms with Gasteiger partial charge in [0.05, 0.1) is 12.2 Å². The van der Waals surface area contributed by atoms with Gasteiger partial charge >= 0.3 is 0 Å². The molecule has 7 heteroatoms. The molecule has 0 unspecified atom stereocenters. The van der Waals surface area contributed by atoms with Crippen LogP contribution in [0.4, 0.5) is 0 Å². The fourth-order valence-electron chi connectivity index (χ4n) is 5.40. The van der Waals surface area contributed by atoms with Crippen molar-refractivity contribution in [2.75, 3.05) is 13.5 Å². The second-order valence-corrected chi connectivity index (χ2v) is 10.1. The number of ketones is 1. The molecule has 0 bridgehead atoms. The summed E-state index contributed by atoms with van der Waals surface area (Å²) in [5.41, 5.74) is 4.30. The number of nitrogens with zero attached hydrogens (tertiary/aromatic N) is 1. The number of benzene rings is 2. The summed E-state index contributed by atoms with van der Waals surface area (Å²) in [5.74, 6) is 2.38. The number of carbonyl (C=O) groups excluding carboxylic acids is 1. The molecule has 0 amide bonds. The average Bonchev–Trinajstić information content (AvgIpc) is 3.15. The summed E-state index contributed by atoms with van der Waals surface area (Å²) >= 11 is 3.54. The molecule has 3 aliphatic heterocycles. The summed E-state index contributed by atoms with van der Waals surface area (Å²) in [7, 11) is 0. The third kappa shape index (κ3) is 3.76. The highest BCUT2D eigenvalue weighted by Gasteiger charge is 2.35. The van der Waals surface area contributed by atoms with Crippen LogP contribution in [0.3, 0.4) is 0 Å². The molecule has 0 radical (unpaired) electrons. The zero-order valence-corrected chi connectivity index (χ0v) is 20.2. The van der Waals surface area contributed by atoms with Crippen LogP contribution in [0.15, 0.2) is 28.4 Å². The molecule has 33 heavy (non-hydrogen) atoms. The lowest BCUT2D eigenvalue weighted by molar-refractivity contribution is -0.0165. The van der Waals surface area contributed by atoms with E-state index in [1.165, 1.54) is 32.1 Å². The predicted octanol–water partition coefficient (Wildman–Crippen LogP) is 5.72. The van der Waals surface area contributed by atoms with Crippen molar-refractivity contribution in [2.24, 2.45) is 0 Å². The number of hydrogen-bond acceptors (Lipinski definition) is 6. The normalized spacial score (nSPS) is 21.6. The van der Waals surface area contributed by atoms with Gasteiger partial charge in [-0.2, -0.15) is 0 Å². The number of ether oxygens (including phenoxy) is 4. The minimum absolute atomic E-state index is 0.105. The van der Waals surface area contributed by atoms with Gasteiger partial charge in [0.1, 0.15) is 24.0 Å². The maximum atomic E-state index is 13.4. The minimum atomic E-state index is -0.105. The molecule has 3 heterocycles. The Labute approximate surface area is 201 Å². The van der Waals surface area contributed by atoms with Crippen LogP contribution in [0.5, 0.6) is 17.2 Å². The Bertz CT molecular complexity index is 1170. The molecule has 6 rings (SSSR count). The van der Waals surface area contributed by atoms with Crippen LogP contribution < -0.4 is 14.2 Å². The van der Waals surface area contributed by atoms with Crippen LogP contribution in [0, 0.1) is 6.92 Å². The smallest absolute Gasteiger partial charge is 0.231 e. The zero-order chi connectivity index (χ0) is 22.5. The topological polar surface area (TPSA) is 57.2 Å². The molecule has 1 aliphatic carbocycles. The Morgan fingerprint density at radius 2 is 1.88 bits per heavy atom. The lowest BCUT2D eigenvalue weighted by Gasteiger charge is -2.37.